The molecule has 0 aliphatic carbocycles. The number of carbonyl (C=O) groups is 3. The van der Waals surface area contributed by atoms with E-state index in [9.17, 15) is 18.6 Å². The Labute approximate surface area is 178 Å². The minimum absolute atomic E-state index is 0.0647. The van der Waals surface area contributed by atoms with E-state index in [2.05, 4.69) is 14.4 Å². The van der Waals surface area contributed by atoms with Crippen LogP contribution in [0.2, 0.25) is 5.02 Å². The topological polar surface area (TPSA) is 131 Å². The summed E-state index contributed by atoms with van der Waals surface area (Å²) < 4.78 is 19.2. The van der Waals surface area contributed by atoms with Gasteiger partial charge >= 0.3 is 6.03 Å². The molecule has 156 valence electrons. The summed E-state index contributed by atoms with van der Waals surface area (Å²) in [7, 11) is -3.74. The van der Waals surface area contributed by atoms with Crippen LogP contribution in [-0.2, 0) is 14.7 Å². The Hall–Kier alpha value is -2.27. The number of urea groups is 1. The van der Waals surface area contributed by atoms with Crippen LogP contribution in [0.3, 0.4) is 0 Å². The maximum absolute atomic E-state index is 13.4. The van der Waals surface area contributed by atoms with Gasteiger partial charge in [0.2, 0.25) is 0 Å². The van der Waals surface area contributed by atoms with E-state index < -0.39 is 33.8 Å². The van der Waals surface area contributed by atoms with Crippen molar-refractivity contribution in [2.75, 3.05) is 0 Å². The van der Waals surface area contributed by atoms with E-state index in [1.165, 1.54) is 23.6 Å². The lowest BCUT2D eigenvalue weighted by Gasteiger charge is -2.13. The molecule has 2 atom stereocenters. The molecule has 2 unspecified atom stereocenters. The number of hydrogen-bond acceptors (Lipinski definition) is 6. The van der Waals surface area contributed by atoms with Gasteiger partial charge in [-0.2, -0.15) is 0 Å². The lowest BCUT2D eigenvalue weighted by molar-refractivity contribution is -0.119. The van der Waals surface area contributed by atoms with Crippen LogP contribution < -0.4 is 15.8 Å². The summed E-state index contributed by atoms with van der Waals surface area (Å²) >= 11 is 6.85. The zero-order valence-corrected chi connectivity index (χ0v) is 18.1. The van der Waals surface area contributed by atoms with Gasteiger partial charge in [0.25, 0.3) is 11.8 Å². The second-order valence-electron chi connectivity index (χ2n) is 6.53. The quantitative estimate of drug-likeness (QED) is 0.614. The van der Waals surface area contributed by atoms with E-state index in [-0.39, 0.29) is 20.7 Å². The second-order valence-corrected chi connectivity index (χ2v) is 10.0. The molecule has 0 aliphatic heterocycles. The van der Waals surface area contributed by atoms with Gasteiger partial charge in [-0.25, -0.2) is 13.7 Å². The molecule has 8 nitrogen and oxygen atoms in total. The van der Waals surface area contributed by atoms with Gasteiger partial charge in [0.05, 0.1) is 11.1 Å². The molecule has 0 radical (unpaired) electrons. The van der Waals surface area contributed by atoms with Crippen LogP contribution in [0.1, 0.15) is 30.6 Å². The molecular formula is C18H21ClN4O4S2. The first-order valence-electron chi connectivity index (χ1n) is 8.59. The molecule has 0 spiro atoms. The van der Waals surface area contributed by atoms with Gasteiger partial charge in [-0.05, 0) is 30.5 Å². The third-order valence-electron chi connectivity index (χ3n) is 3.57. The number of amides is 4. The van der Waals surface area contributed by atoms with E-state index in [1.54, 1.807) is 18.2 Å². The number of thiophene rings is 1. The third-order valence-corrected chi connectivity index (χ3v) is 7.17. The molecule has 4 amide bonds. The predicted molar refractivity (Wildman–Crippen MR) is 113 cm³/mol. The third kappa shape index (κ3) is 6.64. The Morgan fingerprint density at radius 1 is 1.24 bits per heavy atom. The van der Waals surface area contributed by atoms with Gasteiger partial charge in [-0.3, -0.25) is 14.9 Å². The fourth-order valence-corrected chi connectivity index (χ4v) is 5.26. The first-order chi connectivity index (χ1) is 13.6. The van der Waals surface area contributed by atoms with E-state index in [0.29, 0.717) is 6.42 Å². The summed E-state index contributed by atoms with van der Waals surface area (Å²) in [6.07, 6.45) is 0.335. The Balaban J connectivity index is 2.28. The van der Waals surface area contributed by atoms with Crippen LogP contribution in [-0.4, -0.2) is 28.1 Å². The molecule has 1 aromatic carbocycles. The minimum Gasteiger partial charge on any atom is -0.320 e. The van der Waals surface area contributed by atoms with Crippen molar-refractivity contribution in [1.82, 2.24) is 10.0 Å². The second kappa shape index (κ2) is 9.97. The summed E-state index contributed by atoms with van der Waals surface area (Å²) in [6.45, 7) is 3.76. The van der Waals surface area contributed by atoms with Crippen molar-refractivity contribution in [2.45, 2.75) is 30.5 Å². The molecule has 0 aliphatic rings. The smallest absolute Gasteiger partial charge is 0.320 e. The summed E-state index contributed by atoms with van der Waals surface area (Å²) in [4.78, 5) is 36.8. The van der Waals surface area contributed by atoms with E-state index >= 15 is 0 Å². The average molecular weight is 457 g/mol. The highest BCUT2D eigenvalue weighted by molar-refractivity contribution is 7.94. The Morgan fingerprint density at radius 3 is 2.45 bits per heavy atom. The molecule has 2 aromatic rings. The van der Waals surface area contributed by atoms with Crippen LogP contribution in [0.5, 0.6) is 0 Å². The lowest BCUT2D eigenvalue weighted by atomic mass is 10.0. The number of hydrogen-bond donors (Lipinski definition) is 3. The fourth-order valence-electron chi connectivity index (χ4n) is 2.28. The predicted octanol–water partition coefficient (Wildman–Crippen LogP) is 3.18. The summed E-state index contributed by atoms with van der Waals surface area (Å²) in [6, 6.07) is 7.30. The van der Waals surface area contributed by atoms with Gasteiger partial charge in [0, 0.05) is 10.9 Å². The van der Waals surface area contributed by atoms with Gasteiger partial charge in [0.1, 0.15) is 4.21 Å². The van der Waals surface area contributed by atoms with Crippen LogP contribution >= 0.6 is 22.9 Å². The van der Waals surface area contributed by atoms with Crippen molar-refractivity contribution < 1.29 is 18.6 Å². The summed E-state index contributed by atoms with van der Waals surface area (Å²) in [5.74, 6) is -1.39. The van der Waals surface area contributed by atoms with E-state index in [0.717, 1.165) is 11.3 Å². The van der Waals surface area contributed by atoms with Gasteiger partial charge in [-0.15, -0.1) is 15.7 Å². The number of carbonyl (C=O) groups excluding carboxylic acids is 3. The van der Waals surface area contributed by atoms with Gasteiger partial charge in [-0.1, -0.05) is 43.6 Å². The largest absolute Gasteiger partial charge is 0.334 e. The monoisotopic (exact) mass is 456 g/mol. The normalized spacial score (nSPS) is 14.0. The Kier molecular flexibility index (Phi) is 7.91. The number of nitrogens with zero attached hydrogens (tertiary/aromatic N) is 1. The minimum atomic E-state index is -3.74. The molecule has 4 N–H and O–H groups in total. The summed E-state index contributed by atoms with van der Waals surface area (Å²) in [5, 5.41) is 3.82. The summed E-state index contributed by atoms with van der Waals surface area (Å²) in [5.41, 5.74) is 6.06. The number of halogens is 1. The molecule has 2 rings (SSSR count). The van der Waals surface area contributed by atoms with E-state index in [4.69, 9.17) is 17.3 Å². The SMILES string of the molecule is CC(C)CC(N)C(=O)N=S(=O)(NC(=O)NC(=O)c1ccccc1)c1cc(Cl)cs1. The van der Waals surface area contributed by atoms with Crippen LogP contribution in [0.25, 0.3) is 0 Å². The lowest BCUT2D eigenvalue weighted by Crippen LogP contribution is -2.43. The number of rotatable bonds is 6. The molecule has 29 heavy (non-hydrogen) atoms. The first kappa shape index (κ1) is 23.0. The number of benzene rings is 1. The van der Waals surface area contributed by atoms with Crippen molar-refractivity contribution in [3.05, 3.63) is 52.4 Å². The average Bonchev–Trinajstić information content (AvgIpc) is 3.08. The Morgan fingerprint density at radius 2 is 1.90 bits per heavy atom. The number of nitrogens with one attached hydrogen (secondary N) is 2. The zero-order valence-electron chi connectivity index (χ0n) is 15.8. The van der Waals surface area contributed by atoms with Crippen LogP contribution in [0, 0.1) is 5.92 Å². The van der Waals surface area contributed by atoms with E-state index in [1.807, 2.05) is 13.8 Å². The van der Waals surface area contributed by atoms with Gasteiger partial charge < -0.3 is 5.73 Å². The van der Waals surface area contributed by atoms with Crippen LogP contribution in [0.4, 0.5) is 4.79 Å². The molecule has 0 saturated heterocycles. The van der Waals surface area contributed by atoms with Crippen molar-refractivity contribution in [2.24, 2.45) is 16.0 Å². The standard InChI is InChI=1S/C18H21ClN4O4S2/c1-11(2)8-14(20)17(25)22-29(27,15-9-13(19)10-28-15)23-18(26)21-16(24)12-6-4-3-5-7-12/h3-7,9-11,14H,8,20H2,1-2H3,(H2,21,22,23,24,25,26,27). The van der Waals surface area contributed by atoms with Crippen LogP contribution in [0.15, 0.2) is 50.4 Å². The van der Waals surface area contributed by atoms with Crippen molar-refractivity contribution in [3.63, 3.8) is 0 Å². The fraction of sp³-hybridized carbons (Fsp3) is 0.278. The molecule has 1 heterocycles. The number of imide groups is 1. The van der Waals surface area contributed by atoms with Crippen molar-refractivity contribution >= 4 is 50.7 Å². The zero-order chi connectivity index (χ0) is 21.6. The Bertz CT molecular complexity index is 1010. The molecule has 11 heteroatoms. The molecule has 0 saturated carbocycles. The maximum atomic E-state index is 13.4. The van der Waals surface area contributed by atoms with Gasteiger partial charge in [0.15, 0.2) is 9.92 Å². The molecule has 1 aromatic heterocycles. The van der Waals surface area contributed by atoms with Crippen molar-refractivity contribution in [1.29, 1.82) is 0 Å². The maximum Gasteiger partial charge on any atom is 0.334 e. The molecule has 0 fully saturated rings. The molecular weight excluding hydrogens is 436 g/mol. The van der Waals surface area contributed by atoms with Crippen molar-refractivity contribution in [3.8, 4) is 0 Å². The highest BCUT2D eigenvalue weighted by atomic mass is 35.5. The number of nitrogens with two attached hydrogens (primary N) is 1. The highest BCUT2D eigenvalue weighted by Crippen LogP contribution is 2.25. The first-order valence-corrected chi connectivity index (χ1v) is 11.4. The molecule has 0 bridgehead atoms. The highest BCUT2D eigenvalue weighted by Gasteiger charge is 2.24.